The van der Waals surface area contributed by atoms with Crippen LogP contribution in [-0.4, -0.2) is 17.5 Å². The Balaban J connectivity index is 2.10. The Morgan fingerprint density at radius 3 is 2.71 bits per heavy atom. The van der Waals surface area contributed by atoms with Crippen molar-refractivity contribution in [2.75, 3.05) is 6.61 Å². The number of benzene rings is 1. The van der Waals surface area contributed by atoms with Crippen LogP contribution in [0.5, 0.6) is 17.2 Å². The molecule has 0 saturated heterocycles. The van der Waals surface area contributed by atoms with E-state index in [0.717, 1.165) is 11.1 Å². The average molecular weight is 363 g/mol. The minimum Gasteiger partial charge on any atom is -0.491 e. The Hall–Kier alpha value is -2.31. The number of rotatable bonds is 6. The summed E-state index contributed by atoms with van der Waals surface area (Å²) in [5.41, 5.74) is 5.49. The average Bonchev–Trinajstić information content (AvgIpc) is 2.95. The second-order valence-electron chi connectivity index (χ2n) is 5.04. The lowest BCUT2D eigenvalue weighted by Crippen LogP contribution is -2.11. The second-order valence-corrected chi connectivity index (χ2v) is 6.53. The minimum atomic E-state index is -0.528. The van der Waals surface area contributed by atoms with Crippen LogP contribution in [0.25, 0.3) is 10.1 Å². The smallest absolute Gasteiger partial charge is 0.262 e. The van der Waals surface area contributed by atoms with E-state index in [0.29, 0.717) is 39.1 Å². The maximum Gasteiger partial charge on any atom is 0.262 e. The molecule has 0 aliphatic heterocycles. The quantitative estimate of drug-likeness (QED) is 0.693. The molecule has 0 aliphatic carbocycles. The molecule has 0 fully saturated rings. The summed E-state index contributed by atoms with van der Waals surface area (Å²) in [4.78, 5) is 16.3. The first-order valence-electron chi connectivity index (χ1n) is 7.36. The zero-order valence-electron chi connectivity index (χ0n) is 12.9. The molecule has 124 valence electrons. The highest BCUT2D eigenvalue weighted by molar-refractivity contribution is 7.21. The number of ether oxygens (including phenoxy) is 2. The number of aromatic nitrogens is 1. The van der Waals surface area contributed by atoms with E-state index in [1.807, 2.05) is 6.92 Å². The van der Waals surface area contributed by atoms with Gasteiger partial charge in [0.15, 0.2) is 11.5 Å². The van der Waals surface area contributed by atoms with E-state index in [1.54, 1.807) is 36.7 Å². The molecule has 0 atom stereocenters. The van der Waals surface area contributed by atoms with E-state index >= 15 is 0 Å². The summed E-state index contributed by atoms with van der Waals surface area (Å²) in [6.45, 7) is 2.47. The number of thiophene rings is 1. The Morgan fingerprint density at radius 2 is 2.04 bits per heavy atom. The van der Waals surface area contributed by atoms with Crippen LogP contribution in [0.3, 0.4) is 0 Å². The third kappa shape index (κ3) is 3.29. The van der Waals surface area contributed by atoms with Gasteiger partial charge in [-0.05, 0) is 30.7 Å². The molecule has 3 aromatic rings. The van der Waals surface area contributed by atoms with Crippen molar-refractivity contribution in [3.63, 3.8) is 0 Å². The van der Waals surface area contributed by atoms with Gasteiger partial charge in [0.25, 0.3) is 5.91 Å². The van der Waals surface area contributed by atoms with Crippen molar-refractivity contribution in [3.05, 3.63) is 46.6 Å². The van der Waals surface area contributed by atoms with Crippen LogP contribution in [0.1, 0.15) is 23.0 Å². The van der Waals surface area contributed by atoms with Crippen molar-refractivity contribution < 1.29 is 14.3 Å². The lowest BCUT2D eigenvalue weighted by atomic mass is 10.2. The molecule has 24 heavy (non-hydrogen) atoms. The Labute approximate surface area is 148 Å². The van der Waals surface area contributed by atoms with Crippen molar-refractivity contribution in [3.8, 4) is 17.2 Å². The van der Waals surface area contributed by atoms with E-state index in [4.69, 9.17) is 26.8 Å². The Morgan fingerprint density at radius 1 is 1.29 bits per heavy atom. The van der Waals surface area contributed by atoms with E-state index in [-0.39, 0.29) is 0 Å². The molecule has 0 saturated carbocycles. The SMILES string of the molecule is CCCOc1c(C(N)=O)sc2cncc(Oc3ccc(Cl)cc3)c12. The molecule has 1 aromatic carbocycles. The molecule has 0 radical (unpaired) electrons. The fourth-order valence-corrected chi connectivity index (χ4v) is 3.31. The van der Waals surface area contributed by atoms with Gasteiger partial charge in [-0.25, -0.2) is 0 Å². The molecule has 0 aliphatic rings. The number of pyridine rings is 1. The topological polar surface area (TPSA) is 74.4 Å². The summed E-state index contributed by atoms with van der Waals surface area (Å²) < 4.78 is 12.5. The zero-order valence-corrected chi connectivity index (χ0v) is 14.5. The lowest BCUT2D eigenvalue weighted by molar-refractivity contribution is 0.100. The third-order valence-electron chi connectivity index (χ3n) is 3.24. The molecule has 1 amide bonds. The van der Waals surface area contributed by atoms with Crippen LogP contribution in [0, 0.1) is 0 Å². The second kappa shape index (κ2) is 7.07. The Kier molecular flexibility index (Phi) is 4.87. The van der Waals surface area contributed by atoms with Gasteiger partial charge in [0.1, 0.15) is 10.6 Å². The molecule has 0 bridgehead atoms. The molecular weight excluding hydrogens is 348 g/mol. The number of nitrogens with zero attached hydrogens (tertiary/aromatic N) is 1. The van der Waals surface area contributed by atoms with Crippen LogP contribution in [-0.2, 0) is 0 Å². The number of amides is 1. The van der Waals surface area contributed by atoms with Crippen LogP contribution in [0.15, 0.2) is 36.7 Å². The highest BCUT2D eigenvalue weighted by atomic mass is 35.5. The standard InChI is InChI=1S/C17H15ClN2O3S/c1-2-7-22-15-14-12(23-11-5-3-10(18)4-6-11)8-20-9-13(14)24-16(15)17(19)21/h3-6,8-9H,2,7H2,1H3,(H2,19,21). The molecule has 0 unspecified atom stereocenters. The van der Waals surface area contributed by atoms with Gasteiger partial charge < -0.3 is 15.2 Å². The third-order valence-corrected chi connectivity index (χ3v) is 4.61. The van der Waals surface area contributed by atoms with Crippen LogP contribution in [0.2, 0.25) is 5.02 Å². The summed E-state index contributed by atoms with van der Waals surface area (Å²) in [5, 5.41) is 1.32. The number of carbonyl (C=O) groups is 1. The first-order chi connectivity index (χ1) is 11.6. The van der Waals surface area contributed by atoms with E-state index in [1.165, 1.54) is 11.3 Å². The van der Waals surface area contributed by atoms with E-state index in [9.17, 15) is 4.79 Å². The predicted octanol–water partition coefficient (Wildman–Crippen LogP) is 4.63. The van der Waals surface area contributed by atoms with Gasteiger partial charge in [-0.2, -0.15) is 0 Å². The number of fused-ring (bicyclic) bond motifs is 1. The van der Waals surface area contributed by atoms with Gasteiger partial charge in [0, 0.05) is 11.2 Å². The number of primary amides is 1. The van der Waals surface area contributed by atoms with Crippen molar-refractivity contribution >= 4 is 38.9 Å². The van der Waals surface area contributed by atoms with Gasteiger partial charge in [-0.1, -0.05) is 18.5 Å². The summed E-state index contributed by atoms with van der Waals surface area (Å²) in [5.74, 6) is 1.04. The predicted molar refractivity (Wildman–Crippen MR) is 95.4 cm³/mol. The summed E-state index contributed by atoms with van der Waals surface area (Å²) in [7, 11) is 0. The first kappa shape index (κ1) is 16.5. The molecule has 3 rings (SSSR count). The number of hydrogen-bond donors (Lipinski definition) is 1. The van der Waals surface area contributed by atoms with Crippen molar-refractivity contribution in [1.82, 2.24) is 4.98 Å². The first-order valence-corrected chi connectivity index (χ1v) is 8.56. The molecule has 2 aromatic heterocycles. The highest BCUT2D eigenvalue weighted by Gasteiger charge is 2.21. The molecule has 2 heterocycles. The zero-order chi connectivity index (χ0) is 17.1. The monoisotopic (exact) mass is 362 g/mol. The van der Waals surface area contributed by atoms with E-state index in [2.05, 4.69) is 4.98 Å². The van der Waals surface area contributed by atoms with Crippen molar-refractivity contribution in [1.29, 1.82) is 0 Å². The van der Waals surface area contributed by atoms with Gasteiger partial charge in [-0.15, -0.1) is 11.3 Å². The number of nitrogens with two attached hydrogens (primary N) is 1. The van der Waals surface area contributed by atoms with Crippen LogP contribution in [0.4, 0.5) is 0 Å². The molecular formula is C17H15ClN2O3S. The fourth-order valence-electron chi connectivity index (χ4n) is 2.21. The fraction of sp³-hybridized carbons (Fsp3) is 0.176. The maximum absolute atomic E-state index is 11.7. The number of hydrogen-bond acceptors (Lipinski definition) is 5. The van der Waals surface area contributed by atoms with Crippen molar-refractivity contribution in [2.45, 2.75) is 13.3 Å². The Bertz CT molecular complexity index is 877. The largest absolute Gasteiger partial charge is 0.491 e. The van der Waals surface area contributed by atoms with Gasteiger partial charge in [-0.3, -0.25) is 9.78 Å². The molecule has 5 nitrogen and oxygen atoms in total. The maximum atomic E-state index is 11.7. The lowest BCUT2D eigenvalue weighted by Gasteiger charge is -2.10. The van der Waals surface area contributed by atoms with E-state index < -0.39 is 5.91 Å². The summed E-state index contributed by atoms with van der Waals surface area (Å²) in [6, 6.07) is 6.99. The molecule has 0 spiro atoms. The molecule has 7 heteroatoms. The summed E-state index contributed by atoms with van der Waals surface area (Å²) in [6.07, 6.45) is 4.07. The summed E-state index contributed by atoms with van der Waals surface area (Å²) >= 11 is 7.14. The van der Waals surface area contributed by atoms with Gasteiger partial charge in [0.2, 0.25) is 0 Å². The van der Waals surface area contributed by atoms with Gasteiger partial charge in [0.05, 0.1) is 22.9 Å². The van der Waals surface area contributed by atoms with Gasteiger partial charge >= 0.3 is 0 Å². The number of carbonyl (C=O) groups excluding carboxylic acids is 1. The van der Waals surface area contributed by atoms with Crippen LogP contribution < -0.4 is 15.2 Å². The van der Waals surface area contributed by atoms with Crippen molar-refractivity contribution in [2.24, 2.45) is 5.73 Å². The number of halogens is 1. The normalized spacial score (nSPS) is 10.8. The van der Waals surface area contributed by atoms with Crippen LogP contribution >= 0.6 is 22.9 Å². The molecule has 2 N–H and O–H groups in total. The highest BCUT2D eigenvalue weighted by Crippen LogP contribution is 2.43. The minimum absolute atomic E-state index is 0.368.